The number of aromatic nitrogens is 2. The van der Waals surface area contributed by atoms with Crippen LogP contribution in [0.3, 0.4) is 0 Å². The highest BCUT2D eigenvalue weighted by atomic mass is 32.2. The van der Waals surface area contributed by atoms with E-state index >= 15 is 0 Å². The van der Waals surface area contributed by atoms with Gasteiger partial charge in [0.05, 0.1) is 13.2 Å². The zero-order chi connectivity index (χ0) is 11.1. The van der Waals surface area contributed by atoms with Crippen LogP contribution >= 0.6 is 0 Å². The molecule has 0 radical (unpaired) electrons. The SMILES string of the molecule is C=S(C)(=O)C1(c2ncc(C)cn2)COC1. The van der Waals surface area contributed by atoms with Crippen molar-refractivity contribution in [2.24, 2.45) is 0 Å². The van der Waals surface area contributed by atoms with Gasteiger partial charge in [-0.15, -0.1) is 0 Å². The monoisotopic (exact) mass is 226 g/mol. The van der Waals surface area contributed by atoms with Gasteiger partial charge in [-0.05, 0) is 27.9 Å². The van der Waals surface area contributed by atoms with Crippen molar-refractivity contribution in [1.29, 1.82) is 0 Å². The minimum absolute atomic E-state index is 0.398. The summed E-state index contributed by atoms with van der Waals surface area (Å²) in [4.78, 5) is 8.46. The standard InChI is InChI=1S/C10H14N2O2S/c1-8-4-11-9(12-5-8)10(6-14-7-10)15(2,3)13/h4-5H,2,6-7H2,1,3H3. The Kier molecular flexibility index (Phi) is 2.31. The highest BCUT2D eigenvalue weighted by molar-refractivity contribution is 8.00. The maximum absolute atomic E-state index is 12.1. The van der Waals surface area contributed by atoms with Gasteiger partial charge in [0.1, 0.15) is 4.75 Å². The van der Waals surface area contributed by atoms with E-state index < -0.39 is 14.3 Å². The van der Waals surface area contributed by atoms with Crippen LogP contribution in [-0.4, -0.2) is 39.5 Å². The fraction of sp³-hybridized carbons (Fsp3) is 0.500. The van der Waals surface area contributed by atoms with Gasteiger partial charge in [0.2, 0.25) is 0 Å². The van der Waals surface area contributed by atoms with Crippen LogP contribution in [0.2, 0.25) is 0 Å². The molecule has 1 aromatic heterocycles. The third-order valence-electron chi connectivity index (χ3n) is 2.69. The van der Waals surface area contributed by atoms with E-state index in [4.69, 9.17) is 4.74 Å². The van der Waals surface area contributed by atoms with E-state index in [9.17, 15) is 4.21 Å². The summed E-state index contributed by atoms with van der Waals surface area (Å²) in [6, 6.07) is 0. The molecule has 1 fully saturated rings. The van der Waals surface area contributed by atoms with Crippen LogP contribution in [0.25, 0.3) is 0 Å². The summed E-state index contributed by atoms with van der Waals surface area (Å²) in [7, 11) is -2.24. The molecule has 0 aliphatic carbocycles. The Labute approximate surface area is 89.7 Å². The molecule has 2 rings (SSSR count). The van der Waals surface area contributed by atoms with Crippen LogP contribution in [-0.2, 0) is 19.0 Å². The summed E-state index contributed by atoms with van der Waals surface area (Å²) in [5, 5.41) is 0. The van der Waals surface area contributed by atoms with Crippen LogP contribution in [0, 0.1) is 6.92 Å². The fourth-order valence-electron chi connectivity index (χ4n) is 1.49. The van der Waals surface area contributed by atoms with Gasteiger partial charge in [-0.3, -0.25) is 4.21 Å². The molecule has 82 valence electrons. The molecule has 1 aliphatic rings. The first kappa shape index (κ1) is 10.6. The number of hydrogen-bond acceptors (Lipinski definition) is 4. The van der Waals surface area contributed by atoms with E-state index in [2.05, 4.69) is 15.8 Å². The summed E-state index contributed by atoms with van der Waals surface area (Å²) >= 11 is 0. The third-order valence-corrected chi connectivity index (χ3v) is 4.76. The predicted octanol–water partition coefficient (Wildman–Crippen LogP) is 0.357. The van der Waals surface area contributed by atoms with Crippen LogP contribution in [0.15, 0.2) is 12.4 Å². The summed E-state index contributed by atoms with van der Waals surface area (Å²) in [6.45, 7) is 2.71. The summed E-state index contributed by atoms with van der Waals surface area (Å²) < 4.78 is 16.7. The van der Waals surface area contributed by atoms with E-state index in [-0.39, 0.29) is 0 Å². The van der Waals surface area contributed by atoms with Gasteiger partial charge >= 0.3 is 0 Å². The maximum Gasteiger partial charge on any atom is 0.150 e. The quantitative estimate of drug-likeness (QED) is 0.683. The van der Waals surface area contributed by atoms with Gasteiger partial charge in [0, 0.05) is 18.6 Å². The van der Waals surface area contributed by atoms with Crippen LogP contribution in [0.1, 0.15) is 11.4 Å². The van der Waals surface area contributed by atoms with Gasteiger partial charge in [-0.2, -0.15) is 0 Å². The maximum atomic E-state index is 12.1. The van der Waals surface area contributed by atoms with Crippen molar-refractivity contribution in [3.8, 4) is 0 Å². The van der Waals surface area contributed by atoms with Gasteiger partial charge in [-0.25, -0.2) is 9.97 Å². The normalized spacial score (nSPS) is 22.8. The van der Waals surface area contributed by atoms with E-state index in [1.54, 1.807) is 18.6 Å². The second kappa shape index (κ2) is 3.28. The lowest BCUT2D eigenvalue weighted by atomic mass is 10.1. The largest absolute Gasteiger partial charge is 0.377 e. The van der Waals surface area contributed by atoms with Gasteiger partial charge in [0.25, 0.3) is 0 Å². The molecule has 0 bridgehead atoms. The van der Waals surface area contributed by atoms with Gasteiger partial charge in [0.15, 0.2) is 5.82 Å². The van der Waals surface area contributed by atoms with E-state index in [1.807, 2.05) is 6.92 Å². The second-order valence-electron chi connectivity index (χ2n) is 4.08. The Morgan fingerprint density at radius 2 is 2.00 bits per heavy atom. The Morgan fingerprint density at radius 1 is 1.47 bits per heavy atom. The molecule has 1 atom stereocenters. The van der Waals surface area contributed by atoms with Crippen molar-refractivity contribution in [3.63, 3.8) is 0 Å². The van der Waals surface area contributed by atoms with Crippen molar-refractivity contribution < 1.29 is 8.95 Å². The molecule has 4 nitrogen and oxygen atoms in total. The smallest absolute Gasteiger partial charge is 0.150 e. The van der Waals surface area contributed by atoms with Crippen molar-refractivity contribution in [2.75, 3.05) is 19.5 Å². The molecule has 0 spiro atoms. The molecule has 5 heteroatoms. The molecule has 0 amide bonds. The summed E-state index contributed by atoms with van der Waals surface area (Å²) in [5.41, 5.74) is 0.987. The van der Waals surface area contributed by atoms with E-state index in [1.165, 1.54) is 0 Å². The molecule has 0 aromatic carbocycles. The minimum atomic E-state index is -2.24. The van der Waals surface area contributed by atoms with Gasteiger partial charge in [-0.1, -0.05) is 0 Å². The molecule has 15 heavy (non-hydrogen) atoms. The zero-order valence-electron chi connectivity index (χ0n) is 8.90. The molecule has 2 heterocycles. The lowest BCUT2D eigenvalue weighted by Gasteiger charge is -2.40. The Balaban J connectivity index is 2.48. The lowest BCUT2D eigenvalue weighted by Crippen LogP contribution is -2.53. The Bertz CT molecular complexity index is 461. The minimum Gasteiger partial charge on any atom is -0.377 e. The number of aryl methyl sites for hydroxylation is 1. The second-order valence-corrected chi connectivity index (χ2v) is 6.87. The topological polar surface area (TPSA) is 52.1 Å². The van der Waals surface area contributed by atoms with Crippen LogP contribution in [0.5, 0.6) is 0 Å². The lowest BCUT2D eigenvalue weighted by molar-refractivity contribution is -0.0174. The van der Waals surface area contributed by atoms with Crippen molar-refractivity contribution in [1.82, 2.24) is 9.97 Å². The number of ether oxygens (including phenoxy) is 1. The highest BCUT2D eigenvalue weighted by Crippen LogP contribution is 2.34. The first-order valence-electron chi connectivity index (χ1n) is 4.64. The molecular formula is C10H14N2O2S. The average Bonchev–Trinajstić information content (AvgIpc) is 2.03. The average molecular weight is 226 g/mol. The third kappa shape index (κ3) is 1.55. The number of hydrogen-bond donors (Lipinski definition) is 0. The van der Waals surface area contributed by atoms with E-state index in [0.29, 0.717) is 19.0 Å². The first-order chi connectivity index (χ1) is 6.96. The van der Waals surface area contributed by atoms with Crippen molar-refractivity contribution in [3.05, 3.63) is 23.8 Å². The highest BCUT2D eigenvalue weighted by Gasteiger charge is 2.48. The predicted molar refractivity (Wildman–Crippen MR) is 60.5 cm³/mol. The molecule has 1 aliphatic heterocycles. The van der Waals surface area contributed by atoms with Gasteiger partial charge < -0.3 is 4.74 Å². The van der Waals surface area contributed by atoms with Crippen molar-refractivity contribution >= 4 is 15.4 Å². The molecule has 0 N–H and O–H groups in total. The Morgan fingerprint density at radius 3 is 2.33 bits per heavy atom. The molecule has 1 aromatic rings. The molecular weight excluding hydrogens is 212 g/mol. The molecule has 0 saturated carbocycles. The summed E-state index contributed by atoms with van der Waals surface area (Å²) in [6.07, 6.45) is 5.10. The number of nitrogens with zero attached hydrogens (tertiary/aromatic N) is 2. The van der Waals surface area contributed by atoms with Crippen LogP contribution in [0.4, 0.5) is 0 Å². The number of rotatable bonds is 2. The molecule has 1 saturated heterocycles. The Hall–Kier alpha value is -0.940. The van der Waals surface area contributed by atoms with Crippen LogP contribution < -0.4 is 0 Å². The summed E-state index contributed by atoms with van der Waals surface area (Å²) in [5.74, 6) is 4.32. The zero-order valence-corrected chi connectivity index (χ0v) is 9.71. The molecule has 1 unspecified atom stereocenters. The fourth-order valence-corrected chi connectivity index (χ4v) is 2.64. The van der Waals surface area contributed by atoms with Crippen molar-refractivity contribution in [2.45, 2.75) is 11.7 Å². The first-order valence-corrected chi connectivity index (χ1v) is 6.78. The van der Waals surface area contributed by atoms with E-state index in [0.717, 1.165) is 5.56 Å².